The number of rotatable bonds is 4. The van der Waals surface area contributed by atoms with E-state index in [0.29, 0.717) is 25.3 Å². The molecule has 2 saturated heterocycles. The minimum atomic E-state index is -0.515. The molecular formula is C20H30N6O2. The van der Waals surface area contributed by atoms with Crippen molar-refractivity contribution in [2.24, 2.45) is 5.41 Å². The molecule has 0 bridgehead atoms. The standard InChI is InChI=1S/C20H30N6O2/c1-25-11-9-20(19(28)21-12-15-6-3-2-4-7-15)8-5-10-26(17(20)14-25)18(27)16-13-22-24-23-16/h6,13,17H,2-5,7-12,14H2,1H3,(H,21,28)(H,22,23,24)/t17-,20+/m0/s1. The fraction of sp³-hybridized carbons (Fsp3) is 0.700. The van der Waals surface area contributed by atoms with Crippen LogP contribution in [-0.2, 0) is 4.79 Å². The molecule has 2 amide bonds. The Bertz CT molecular complexity index is 746. The highest BCUT2D eigenvalue weighted by Crippen LogP contribution is 2.43. The minimum absolute atomic E-state index is 0.106. The molecule has 2 atom stereocenters. The predicted octanol–water partition coefficient (Wildman–Crippen LogP) is 1.35. The number of aromatic amines is 1. The number of hydrogen-bond acceptors (Lipinski definition) is 5. The molecule has 3 aliphatic rings. The first-order valence-electron chi connectivity index (χ1n) is 10.4. The zero-order valence-corrected chi connectivity index (χ0v) is 16.6. The van der Waals surface area contributed by atoms with Gasteiger partial charge in [0, 0.05) is 19.6 Å². The molecule has 0 aromatic carbocycles. The Morgan fingerprint density at radius 1 is 1.29 bits per heavy atom. The summed E-state index contributed by atoms with van der Waals surface area (Å²) in [5.41, 5.74) is 1.14. The Morgan fingerprint density at radius 2 is 2.18 bits per heavy atom. The van der Waals surface area contributed by atoms with Crippen molar-refractivity contribution in [3.63, 3.8) is 0 Å². The second kappa shape index (κ2) is 8.03. The minimum Gasteiger partial charge on any atom is -0.352 e. The fourth-order valence-corrected chi connectivity index (χ4v) is 5.04. The van der Waals surface area contributed by atoms with Gasteiger partial charge in [-0.2, -0.15) is 15.4 Å². The van der Waals surface area contributed by atoms with Gasteiger partial charge in [0.05, 0.1) is 17.7 Å². The number of nitrogens with zero attached hydrogens (tertiary/aromatic N) is 4. The van der Waals surface area contributed by atoms with Gasteiger partial charge in [0.2, 0.25) is 5.91 Å². The van der Waals surface area contributed by atoms with Crippen LogP contribution in [0.25, 0.3) is 0 Å². The highest BCUT2D eigenvalue weighted by Gasteiger charge is 2.53. The summed E-state index contributed by atoms with van der Waals surface area (Å²) >= 11 is 0. The van der Waals surface area contributed by atoms with Crippen LogP contribution in [0.1, 0.15) is 55.4 Å². The second-order valence-electron chi connectivity index (χ2n) is 8.43. The molecule has 0 saturated carbocycles. The van der Waals surface area contributed by atoms with Crippen molar-refractivity contribution in [3.8, 4) is 0 Å². The first kappa shape index (κ1) is 19.1. The van der Waals surface area contributed by atoms with E-state index in [9.17, 15) is 9.59 Å². The van der Waals surface area contributed by atoms with Crippen LogP contribution in [0.2, 0.25) is 0 Å². The highest BCUT2D eigenvalue weighted by molar-refractivity contribution is 5.93. The molecule has 8 nitrogen and oxygen atoms in total. The summed E-state index contributed by atoms with van der Waals surface area (Å²) in [7, 11) is 2.06. The van der Waals surface area contributed by atoms with Gasteiger partial charge >= 0.3 is 0 Å². The van der Waals surface area contributed by atoms with Crippen molar-refractivity contribution < 1.29 is 9.59 Å². The fourth-order valence-electron chi connectivity index (χ4n) is 5.04. The summed E-state index contributed by atoms with van der Waals surface area (Å²) in [5.74, 6) is -0.0318. The van der Waals surface area contributed by atoms with Crippen LogP contribution in [-0.4, -0.2) is 76.3 Å². The molecule has 152 valence electrons. The lowest BCUT2D eigenvalue weighted by atomic mass is 9.67. The lowest BCUT2D eigenvalue weighted by molar-refractivity contribution is -0.142. The number of allylic oxidation sites excluding steroid dienone is 1. The third-order valence-corrected chi connectivity index (χ3v) is 6.67. The van der Waals surface area contributed by atoms with Crippen LogP contribution < -0.4 is 5.32 Å². The largest absolute Gasteiger partial charge is 0.352 e. The molecule has 0 spiro atoms. The summed E-state index contributed by atoms with van der Waals surface area (Å²) in [6, 6.07) is -0.135. The number of likely N-dealkylation sites (tertiary alicyclic amines) is 2. The van der Waals surface area contributed by atoms with Crippen LogP contribution in [0.5, 0.6) is 0 Å². The van der Waals surface area contributed by atoms with Crippen molar-refractivity contribution in [1.82, 2.24) is 30.5 Å². The number of fused-ring (bicyclic) bond motifs is 1. The molecule has 0 radical (unpaired) electrons. The van der Waals surface area contributed by atoms with E-state index in [1.54, 1.807) is 0 Å². The van der Waals surface area contributed by atoms with Gasteiger partial charge in [-0.15, -0.1) is 0 Å². The molecule has 28 heavy (non-hydrogen) atoms. The summed E-state index contributed by atoms with van der Waals surface area (Å²) in [4.78, 5) is 30.5. The van der Waals surface area contributed by atoms with Gasteiger partial charge in [-0.25, -0.2) is 0 Å². The van der Waals surface area contributed by atoms with Crippen LogP contribution in [0.15, 0.2) is 17.8 Å². The Hall–Kier alpha value is -2.22. The summed E-state index contributed by atoms with van der Waals surface area (Å²) in [6.45, 7) is 2.88. The van der Waals surface area contributed by atoms with E-state index in [1.807, 2.05) is 4.90 Å². The van der Waals surface area contributed by atoms with Crippen molar-refractivity contribution >= 4 is 11.8 Å². The van der Waals surface area contributed by atoms with Crippen LogP contribution in [0.3, 0.4) is 0 Å². The van der Waals surface area contributed by atoms with Gasteiger partial charge in [0.15, 0.2) is 5.69 Å². The lowest BCUT2D eigenvalue weighted by Gasteiger charge is -2.53. The molecule has 4 rings (SSSR count). The number of carbonyl (C=O) groups is 2. The lowest BCUT2D eigenvalue weighted by Crippen LogP contribution is -2.66. The van der Waals surface area contributed by atoms with E-state index in [0.717, 1.165) is 38.6 Å². The van der Waals surface area contributed by atoms with Gasteiger partial charge < -0.3 is 15.1 Å². The van der Waals surface area contributed by atoms with Crippen LogP contribution >= 0.6 is 0 Å². The second-order valence-corrected chi connectivity index (χ2v) is 8.43. The maximum Gasteiger partial charge on any atom is 0.276 e. The van der Waals surface area contributed by atoms with E-state index < -0.39 is 5.41 Å². The SMILES string of the molecule is CN1CC[C@]2(C(=O)NCC3=CCCCC3)CCCN(C(=O)c3cn[nH]n3)[C@H]2C1. The first-order valence-corrected chi connectivity index (χ1v) is 10.4. The molecule has 0 unspecified atom stereocenters. The number of hydrogen-bond donors (Lipinski definition) is 2. The summed E-state index contributed by atoms with van der Waals surface area (Å²) in [6.07, 6.45) is 10.8. The van der Waals surface area contributed by atoms with Crippen LogP contribution in [0, 0.1) is 5.41 Å². The molecule has 2 aliphatic heterocycles. The average Bonchev–Trinajstić information content (AvgIpc) is 3.26. The molecule has 1 aromatic heterocycles. The topological polar surface area (TPSA) is 94.2 Å². The molecular weight excluding hydrogens is 356 g/mol. The van der Waals surface area contributed by atoms with E-state index in [4.69, 9.17) is 0 Å². The summed E-state index contributed by atoms with van der Waals surface area (Å²) in [5, 5.41) is 13.5. The number of aromatic nitrogens is 3. The maximum atomic E-state index is 13.4. The van der Waals surface area contributed by atoms with E-state index in [2.05, 4.69) is 38.8 Å². The molecule has 1 aliphatic carbocycles. The molecule has 8 heteroatoms. The van der Waals surface area contributed by atoms with E-state index in [-0.39, 0.29) is 17.9 Å². The monoisotopic (exact) mass is 386 g/mol. The van der Waals surface area contributed by atoms with Crippen LogP contribution in [0.4, 0.5) is 0 Å². The smallest absolute Gasteiger partial charge is 0.276 e. The van der Waals surface area contributed by atoms with Gasteiger partial charge in [-0.1, -0.05) is 11.6 Å². The predicted molar refractivity (Wildman–Crippen MR) is 105 cm³/mol. The van der Waals surface area contributed by atoms with Crippen molar-refractivity contribution in [3.05, 3.63) is 23.5 Å². The van der Waals surface area contributed by atoms with Gasteiger partial charge in [-0.3, -0.25) is 9.59 Å². The average molecular weight is 386 g/mol. The first-order chi connectivity index (χ1) is 13.6. The number of likely N-dealkylation sites (N-methyl/N-ethyl adjacent to an activating group) is 1. The van der Waals surface area contributed by atoms with Crippen molar-refractivity contribution in [1.29, 1.82) is 0 Å². The number of H-pyrrole nitrogens is 1. The molecule has 3 heterocycles. The van der Waals surface area contributed by atoms with Gasteiger partial charge in [0.25, 0.3) is 5.91 Å². The Kier molecular flexibility index (Phi) is 5.48. The summed E-state index contributed by atoms with van der Waals surface area (Å²) < 4.78 is 0. The highest BCUT2D eigenvalue weighted by atomic mass is 16.2. The zero-order chi connectivity index (χ0) is 19.6. The Balaban J connectivity index is 1.54. The molecule has 2 fully saturated rings. The van der Waals surface area contributed by atoms with Gasteiger partial charge in [-0.05, 0) is 58.5 Å². The van der Waals surface area contributed by atoms with Gasteiger partial charge in [0.1, 0.15) is 0 Å². The third kappa shape index (κ3) is 3.57. The van der Waals surface area contributed by atoms with Crippen molar-refractivity contribution in [2.45, 2.75) is 51.0 Å². The number of amides is 2. The number of nitrogens with one attached hydrogen (secondary N) is 2. The molecule has 2 N–H and O–H groups in total. The normalized spacial score (nSPS) is 28.4. The quantitative estimate of drug-likeness (QED) is 0.762. The van der Waals surface area contributed by atoms with Crippen molar-refractivity contribution in [2.75, 3.05) is 33.2 Å². The Labute approximate surface area is 165 Å². The molecule has 1 aromatic rings. The number of piperidine rings is 2. The van der Waals surface area contributed by atoms with E-state index in [1.165, 1.54) is 24.6 Å². The number of carbonyl (C=O) groups excluding carboxylic acids is 2. The Morgan fingerprint density at radius 3 is 2.93 bits per heavy atom. The van der Waals surface area contributed by atoms with E-state index >= 15 is 0 Å². The third-order valence-electron chi connectivity index (χ3n) is 6.67. The zero-order valence-electron chi connectivity index (χ0n) is 16.6. The maximum absolute atomic E-state index is 13.4.